The van der Waals surface area contributed by atoms with Crippen LogP contribution in [0.1, 0.15) is 26.3 Å². The highest BCUT2D eigenvalue weighted by Crippen LogP contribution is 2.44. The summed E-state index contributed by atoms with van der Waals surface area (Å²) in [4.78, 5) is 42.5. The minimum absolute atomic E-state index is 0.120. The Morgan fingerprint density at radius 1 is 1.13 bits per heavy atom. The highest BCUT2D eigenvalue weighted by atomic mass is 35.5. The van der Waals surface area contributed by atoms with Crippen molar-refractivity contribution >= 4 is 62.8 Å². The summed E-state index contributed by atoms with van der Waals surface area (Å²) in [5.41, 5.74) is 2.23. The zero-order valence-corrected chi connectivity index (χ0v) is 27.0. The van der Waals surface area contributed by atoms with Crippen LogP contribution in [0.2, 0.25) is 5.02 Å². The SMILES string of the molecule is C=CC(=O)N1C[C@H](C)N(c2nc(N3CC(N(C)C)C3)nc3c(F)c(-c4c(C)ccc5[nH]nc(NC(C)=O)c45)c(Cl)cc23)C[C@H]1C. The van der Waals surface area contributed by atoms with Crippen LogP contribution in [0.3, 0.4) is 0 Å². The van der Waals surface area contributed by atoms with Crippen LogP contribution in [0.15, 0.2) is 30.9 Å². The number of fused-ring (bicyclic) bond motifs is 2. The number of carbonyl (C=O) groups is 2. The number of H-pyrrole nitrogens is 1. The van der Waals surface area contributed by atoms with Crippen molar-refractivity contribution in [2.24, 2.45) is 0 Å². The molecule has 6 rings (SSSR count). The van der Waals surface area contributed by atoms with Gasteiger partial charge in [-0.1, -0.05) is 24.2 Å². The fourth-order valence-corrected chi connectivity index (χ4v) is 6.63. The molecule has 0 spiro atoms. The molecule has 2 aromatic heterocycles. The maximum absolute atomic E-state index is 17.1. The van der Waals surface area contributed by atoms with Crippen molar-refractivity contribution in [3.8, 4) is 11.1 Å². The van der Waals surface area contributed by atoms with E-state index in [4.69, 9.17) is 21.6 Å². The van der Waals surface area contributed by atoms with Crippen molar-refractivity contribution < 1.29 is 14.0 Å². The first-order chi connectivity index (χ1) is 21.4. The smallest absolute Gasteiger partial charge is 0.246 e. The minimum atomic E-state index is -0.584. The molecule has 4 heterocycles. The second-order valence-corrected chi connectivity index (χ2v) is 12.7. The van der Waals surface area contributed by atoms with Gasteiger partial charge in [-0.15, -0.1) is 0 Å². The Morgan fingerprint density at radius 2 is 1.87 bits per heavy atom. The standard InChI is InChI=1S/C32H37ClFN9O2/c1-8-24(45)42-12-18(4)43(13-17(42)3)31-21-11-22(33)26(25-16(2)9-10-23-27(25)30(39-38-23)35-19(5)44)28(34)29(21)36-32(37-31)41-14-20(15-41)40(6)7/h8-11,17-18,20H,1,12-15H2,2-7H3,(H2,35,38,39,44)/t17-,18+/m1/s1. The average molecular weight is 634 g/mol. The summed E-state index contributed by atoms with van der Waals surface area (Å²) in [5, 5.41) is 11.2. The van der Waals surface area contributed by atoms with E-state index in [-0.39, 0.29) is 40.0 Å². The van der Waals surface area contributed by atoms with E-state index < -0.39 is 5.82 Å². The topological polar surface area (TPSA) is 114 Å². The molecule has 45 heavy (non-hydrogen) atoms. The van der Waals surface area contributed by atoms with E-state index >= 15 is 4.39 Å². The molecule has 0 saturated carbocycles. The molecule has 2 fully saturated rings. The average Bonchev–Trinajstić information content (AvgIpc) is 3.35. The molecule has 0 unspecified atom stereocenters. The molecular formula is C32H37ClFN9O2. The zero-order valence-electron chi connectivity index (χ0n) is 26.3. The number of amides is 2. The fraction of sp³-hybridized carbons (Fsp3) is 0.406. The predicted octanol–water partition coefficient (Wildman–Crippen LogP) is 4.59. The molecule has 2 aliphatic heterocycles. The largest absolute Gasteiger partial charge is 0.349 e. The first-order valence-corrected chi connectivity index (χ1v) is 15.3. The Morgan fingerprint density at radius 3 is 2.53 bits per heavy atom. The van der Waals surface area contributed by atoms with Gasteiger partial charge in [0.2, 0.25) is 17.8 Å². The molecule has 2 amide bonds. The van der Waals surface area contributed by atoms with E-state index in [2.05, 4.69) is 31.9 Å². The number of aromatic amines is 1. The van der Waals surface area contributed by atoms with Crippen LogP contribution in [-0.2, 0) is 9.59 Å². The molecule has 2 aliphatic rings. The van der Waals surface area contributed by atoms with Crippen LogP contribution >= 0.6 is 11.6 Å². The first-order valence-electron chi connectivity index (χ1n) is 15.0. The van der Waals surface area contributed by atoms with Gasteiger partial charge in [0.15, 0.2) is 11.6 Å². The molecule has 2 atom stereocenters. The van der Waals surface area contributed by atoms with Crippen LogP contribution in [0.5, 0.6) is 0 Å². The Balaban J connectivity index is 1.56. The molecule has 11 nitrogen and oxygen atoms in total. The summed E-state index contributed by atoms with van der Waals surface area (Å²) in [6.07, 6.45) is 1.33. The number of likely N-dealkylation sites (N-methyl/N-ethyl adjacent to an activating group) is 1. The summed E-state index contributed by atoms with van der Waals surface area (Å²) >= 11 is 6.98. The van der Waals surface area contributed by atoms with Crippen molar-refractivity contribution in [3.05, 3.63) is 47.3 Å². The third-order valence-corrected chi connectivity index (χ3v) is 9.22. The lowest BCUT2D eigenvalue weighted by Gasteiger charge is -2.45. The Bertz CT molecular complexity index is 1850. The van der Waals surface area contributed by atoms with Crippen LogP contribution < -0.4 is 15.1 Å². The van der Waals surface area contributed by atoms with E-state index in [1.54, 1.807) is 11.0 Å². The zero-order chi connectivity index (χ0) is 32.3. The monoisotopic (exact) mass is 633 g/mol. The van der Waals surface area contributed by atoms with E-state index in [0.29, 0.717) is 71.7 Å². The lowest BCUT2D eigenvalue weighted by atomic mass is 9.94. The van der Waals surface area contributed by atoms with Gasteiger partial charge in [-0.2, -0.15) is 10.1 Å². The van der Waals surface area contributed by atoms with Crippen molar-refractivity contribution in [2.45, 2.75) is 45.8 Å². The number of nitrogens with zero attached hydrogens (tertiary/aromatic N) is 7. The van der Waals surface area contributed by atoms with Gasteiger partial charge < -0.3 is 24.9 Å². The summed E-state index contributed by atoms with van der Waals surface area (Å²) in [7, 11) is 4.06. The normalized spacial score (nSPS) is 19.0. The Labute approximate surface area is 266 Å². The van der Waals surface area contributed by atoms with Crippen molar-refractivity contribution in [1.29, 1.82) is 0 Å². The van der Waals surface area contributed by atoms with Gasteiger partial charge >= 0.3 is 0 Å². The van der Waals surface area contributed by atoms with Gasteiger partial charge in [-0.05, 0) is 58.6 Å². The second-order valence-electron chi connectivity index (χ2n) is 12.3. The number of hydrogen-bond acceptors (Lipinski definition) is 8. The number of piperazine rings is 1. The maximum Gasteiger partial charge on any atom is 0.246 e. The summed E-state index contributed by atoms with van der Waals surface area (Å²) in [5.74, 6) is 0.285. The molecule has 0 aliphatic carbocycles. The minimum Gasteiger partial charge on any atom is -0.349 e. The lowest BCUT2D eigenvalue weighted by Crippen LogP contribution is -2.59. The summed E-state index contributed by atoms with van der Waals surface area (Å²) in [6.45, 7) is 13.3. The number of anilines is 3. The molecule has 0 bridgehead atoms. The number of rotatable bonds is 6. The van der Waals surface area contributed by atoms with Gasteiger partial charge in [0.05, 0.1) is 15.9 Å². The Kier molecular flexibility index (Phi) is 7.90. The fourth-order valence-electron chi connectivity index (χ4n) is 6.35. The van der Waals surface area contributed by atoms with Crippen molar-refractivity contribution in [2.75, 3.05) is 55.4 Å². The van der Waals surface area contributed by atoms with Crippen LogP contribution in [-0.4, -0.2) is 100 Å². The lowest BCUT2D eigenvalue weighted by molar-refractivity contribution is -0.128. The first kappa shape index (κ1) is 30.7. The molecular weight excluding hydrogens is 597 g/mol. The maximum atomic E-state index is 17.1. The van der Waals surface area contributed by atoms with Gasteiger partial charge in [-0.25, -0.2) is 9.37 Å². The van der Waals surface area contributed by atoms with Crippen LogP contribution in [0.4, 0.5) is 22.0 Å². The van der Waals surface area contributed by atoms with Crippen molar-refractivity contribution in [1.82, 2.24) is 30.0 Å². The number of aromatic nitrogens is 4. The third-order valence-electron chi connectivity index (χ3n) is 8.93. The van der Waals surface area contributed by atoms with Gasteiger partial charge in [0, 0.05) is 67.7 Å². The molecule has 2 saturated heterocycles. The number of carbonyl (C=O) groups excluding carboxylic acids is 2. The van der Waals surface area contributed by atoms with E-state index in [9.17, 15) is 9.59 Å². The summed E-state index contributed by atoms with van der Waals surface area (Å²) < 4.78 is 17.1. The molecule has 2 N–H and O–H groups in total. The molecule has 236 valence electrons. The van der Waals surface area contributed by atoms with Gasteiger partial charge in [0.1, 0.15) is 11.3 Å². The highest BCUT2D eigenvalue weighted by molar-refractivity contribution is 6.35. The van der Waals surface area contributed by atoms with E-state index in [1.807, 2.05) is 51.9 Å². The number of nitrogens with one attached hydrogen (secondary N) is 2. The summed E-state index contributed by atoms with van der Waals surface area (Å²) in [6, 6.07) is 5.50. The number of halogens is 2. The highest BCUT2D eigenvalue weighted by Gasteiger charge is 2.36. The number of aryl methyl sites for hydroxylation is 1. The predicted molar refractivity (Wildman–Crippen MR) is 177 cm³/mol. The van der Waals surface area contributed by atoms with Gasteiger partial charge in [0.25, 0.3) is 0 Å². The molecule has 13 heteroatoms. The third kappa shape index (κ3) is 5.25. The molecule has 0 radical (unpaired) electrons. The second kappa shape index (κ2) is 11.6. The van der Waals surface area contributed by atoms with Gasteiger partial charge in [-0.3, -0.25) is 14.7 Å². The van der Waals surface area contributed by atoms with E-state index in [0.717, 1.165) is 5.56 Å². The van der Waals surface area contributed by atoms with E-state index in [1.165, 1.54) is 13.0 Å². The molecule has 2 aromatic carbocycles. The quantitative estimate of drug-likeness (QED) is 0.297. The van der Waals surface area contributed by atoms with Crippen LogP contribution in [0, 0.1) is 12.7 Å². The Hall–Kier alpha value is -4.29. The van der Waals surface area contributed by atoms with Crippen molar-refractivity contribution in [3.63, 3.8) is 0 Å². The number of benzene rings is 2. The molecule has 4 aromatic rings. The van der Waals surface area contributed by atoms with Crippen LogP contribution in [0.25, 0.3) is 32.9 Å². The number of hydrogen-bond donors (Lipinski definition) is 2.